The zero-order valence-corrected chi connectivity index (χ0v) is 11.2. The fraction of sp³-hybridized carbons (Fsp3) is 0.571. The Labute approximate surface area is 104 Å². The molecule has 0 amide bonds. The van der Waals surface area contributed by atoms with E-state index in [4.69, 9.17) is 9.84 Å². The van der Waals surface area contributed by atoms with Crippen LogP contribution in [0.15, 0.2) is 24.3 Å². The van der Waals surface area contributed by atoms with Crippen molar-refractivity contribution in [1.82, 2.24) is 4.90 Å². The maximum atomic E-state index is 9.15. The first-order valence-electron chi connectivity index (χ1n) is 6.02. The third-order valence-electron chi connectivity index (χ3n) is 3.40. The predicted octanol–water partition coefficient (Wildman–Crippen LogP) is 2.14. The van der Waals surface area contributed by atoms with Crippen molar-refractivity contribution in [2.75, 3.05) is 20.8 Å². The van der Waals surface area contributed by atoms with Gasteiger partial charge in [-0.15, -0.1) is 0 Å². The fourth-order valence-electron chi connectivity index (χ4n) is 1.75. The topological polar surface area (TPSA) is 32.7 Å². The van der Waals surface area contributed by atoms with Gasteiger partial charge in [0.05, 0.1) is 7.11 Å². The van der Waals surface area contributed by atoms with E-state index in [2.05, 4.69) is 37.9 Å². The van der Waals surface area contributed by atoms with E-state index in [-0.39, 0.29) is 6.61 Å². The van der Waals surface area contributed by atoms with Crippen molar-refractivity contribution < 1.29 is 9.84 Å². The van der Waals surface area contributed by atoms with Gasteiger partial charge in [0.1, 0.15) is 5.75 Å². The van der Waals surface area contributed by atoms with Crippen molar-refractivity contribution in [3.8, 4) is 5.75 Å². The van der Waals surface area contributed by atoms with E-state index in [0.29, 0.717) is 12.0 Å². The highest BCUT2D eigenvalue weighted by Crippen LogP contribution is 2.15. The molecule has 0 aromatic heterocycles. The van der Waals surface area contributed by atoms with Crippen LogP contribution in [0.25, 0.3) is 0 Å². The van der Waals surface area contributed by atoms with Gasteiger partial charge in [0.2, 0.25) is 0 Å². The molecular weight excluding hydrogens is 214 g/mol. The van der Waals surface area contributed by atoms with Crippen LogP contribution in [-0.2, 0) is 6.54 Å². The second-order valence-electron chi connectivity index (χ2n) is 4.66. The lowest BCUT2D eigenvalue weighted by Gasteiger charge is -2.28. The minimum Gasteiger partial charge on any atom is -0.497 e. The molecule has 0 radical (unpaired) electrons. The Kier molecular flexibility index (Phi) is 5.45. The molecule has 96 valence electrons. The number of hydrogen-bond acceptors (Lipinski definition) is 3. The normalized spacial score (nSPS) is 14.7. The number of aliphatic hydroxyl groups is 1. The molecule has 0 aliphatic rings. The highest BCUT2D eigenvalue weighted by Gasteiger charge is 2.16. The van der Waals surface area contributed by atoms with Crippen LogP contribution >= 0.6 is 0 Å². The van der Waals surface area contributed by atoms with Crippen molar-refractivity contribution in [3.63, 3.8) is 0 Å². The number of methoxy groups -OCH3 is 1. The van der Waals surface area contributed by atoms with Crippen LogP contribution in [0.3, 0.4) is 0 Å². The van der Waals surface area contributed by atoms with Gasteiger partial charge in [-0.3, -0.25) is 4.90 Å². The Morgan fingerprint density at radius 1 is 1.24 bits per heavy atom. The summed E-state index contributed by atoms with van der Waals surface area (Å²) in [5.74, 6) is 1.17. The molecule has 2 atom stereocenters. The molecule has 3 heteroatoms. The largest absolute Gasteiger partial charge is 0.497 e. The van der Waals surface area contributed by atoms with E-state index in [9.17, 15) is 0 Å². The summed E-state index contributed by atoms with van der Waals surface area (Å²) in [4.78, 5) is 2.25. The lowest BCUT2D eigenvalue weighted by molar-refractivity contribution is 0.133. The second-order valence-corrected chi connectivity index (χ2v) is 4.66. The third-order valence-corrected chi connectivity index (χ3v) is 3.40. The Bertz CT molecular complexity index is 323. The SMILES string of the molecule is COc1ccc(CN(C)[C@H](C)C(C)CO)cc1. The standard InChI is InChI=1S/C14H23NO2/c1-11(10-16)12(2)15(3)9-13-5-7-14(17-4)8-6-13/h5-8,11-12,16H,9-10H2,1-4H3/t11?,12-/m1/s1. The van der Waals surface area contributed by atoms with E-state index < -0.39 is 0 Å². The van der Waals surface area contributed by atoms with Gasteiger partial charge >= 0.3 is 0 Å². The zero-order valence-electron chi connectivity index (χ0n) is 11.2. The van der Waals surface area contributed by atoms with Gasteiger partial charge < -0.3 is 9.84 Å². The molecular formula is C14H23NO2. The summed E-state index contributed by atoms with van der Waals surface area (Å²) in [6.07, 6.45) is 0. The van der Waals surface area contributed by atoms with Crippen molar-refractivity contribution >= 4 is 0 Å². The van der Waals surface area contributed by atoms with E-state index in [1.807, 2.05) is 12.1 Å². The average Bonchev–Trinajstić information content (AvgIpc) is 2.37. The lowest BCUT2D eigenvalue weighted by Crippen LogP contribution is -2.35. The van der Waals surface area contributed by atoms with Crippen molar-refractivity contribution in [2.24, 2.45) is 5.92 Å². The molecule has 0 spiro atoms. The van der Waals surface area contributed by atoms with Crippen LogP contribution in [-0.4, -0.2) is 36.8 Å². The van der Waals surface area contributed by atoms with Crippen LogP contribution in [0.4, 0.5) is 0 Å². The monoisotopic (exact) mass is 237 g/mol. The smallest absolute Gasteiger partial charge is 0.118 e. The first kappa shape index (κ1) is 14.0. The Morgan fingerprint density at radius 3 is 2.29 bits per heavy atom. The minimum absolute atomic E-state index is 0.230. The molecule has 0 bridgehead atoms. The van der Waals surface area contributed by atoms with Crippen LogP contribution in [0.2, 0.25) is 0 Å². The van der Waals surface area contributed by atoms with E-state index in [1.54, 1.807) is 7.11 Å². The van der Waals surface area contributed by atoms with Crippen LogP contribution < -0.4 is 4.74 Å². The summed E-state index contributed by atoms with van der Waals surface area (Å²) in [6, 6.07) is 8.46. The summed E-state index contributed by atoms with van der Waals surface area (Å²) in [6.45, 7) is 5.32. The molecule has 1 aromatic carbocycles. The molecule has 0 saturated heterocycles. The second kappa shape index (κ2) is 6.62. The summed E-state index contributed by atoms with van der Waals surface area (Å²) >= 11 is 0. The predicted molar refractivity (Wildman–Crippen MR) is 70.2 cm³/mol. The van der Waals surface area contributed by atoms with Crippen LogP contribution in [0, 0.1) is 5.92 Å². The number of benzene rings is 1. The molecule has 1 aromatic rings. The lowest BCUT2D eigenvalue weighted by atomic mass is 10.0. The number of ether oxygens (including phenoxy) is 1. The number of nitrogens with zero attached hydrogens (tertiary/aromatic N) is 1. The van der Waals surface area contributed by atoms with Gasteiger partial charge in [0.25, 0.3) is 0 Å². The first-order chi connectivity index (χ1) is 8.08. The summed E-state index contributed by atoms with van der Waals surface area (Å²) < 4.78 is 5.13. The maximum absolute atomic E-state index is 9.15. The molecule has 0 aliphatic heterocycles. The highest BCUT2D eigenvalue weighted by atomic mass is 16.5. The van der Waals surface area contributed by atoms with Gasteiger partial charge in [0, 0.05) is 19.2 Å². The van der Waals surface area contributed by atoms with Gasteiger partial charge in [-0.05, 0) is 37.6 Å². The van der Waals surface area contributed by atoms with Crippen molar-refractivity contribution in [2.45, 2.75) is 26.4 Å². The zero-order chi connectivity index (χ0) is 12.8. The third kappa shape index (κ3) is 4.02. The Balaban J connectivity index is 2.57. The maximum Gasteiger partial charge on any atom is 0.118 e. The summed E-state index contributed by atoms with van der Waals surface area (Å²) in [5, 5.41) is 9.15. The van der Waals surface area contributed by atoms with E-state index in [0.717, 1.165) is 12.3 Å². The van der Waals surface area contributed by atoms with Crippen molar-refractivity contribution in [3.05, 3.63) is 29.8 Å². The summed E-state index contributed by atoms with van der Waals surface area (Å²) in [7, 11) is 3.76. The molecule has 0 fully saturated rings. The van der Waals surface area contributed by atoms with Crippen LogP contribution in [0.1, 0.15) is 19.4 Å². The molecule has 1 N–H and O–H groups in total. The average molecular weight is 237 g/mol. The van der Waals surface area contributed by atoms with Crippen molar-refractivity contribution in [1.29, 1.82) is 0 Å². The minimum atomic E-state index is 0.230. The molecule has 1 unspecified atom stereocenters. The fourth-order valence-corrected chi connectivity index (χ4v) is 1.75. The first-order valence-corrected chi connectivity index (χ1v) is 6.02. The molecule has 1 rings (SSSR count). The van der Waals surface area contributed by atoms with Gasteiger partial charge in [-0.25, -0.2) is 0 Å². The van der Waals surface area contributed by atoms with Gasteiger partial charge in [-0.2, -0.15) is 0 Å². The Morgan fingerprint density at radius 2 is 1.82 bits per heavy atom. The Hall–Kier alpha value is -1.06. The molecule has 0 aliphatic carbocycles. The number of rotatable bonds is 6. The van der Waals surface area contributed by atoms with Gasteiger partial charge in [0.15, 0.2) is 0 Å². The van der Waals surface area contributed by atoms with Gasteiger partial charge in [-0.1, -0.05) is 19.1 Å². The van der Waals surface area contributed by atoms with Crippen LogP contribution in [0.5, 0.6) is 5.75 Å². The molecule has 3 nitrogen and oxygen atoms in total. The molecule has 0 saturated carbocycles. The molecule has 17 heavy (non-hydrogen) atoms. The van der Waals surface area contributed by atoms with E-state index >= 15 is 0 Å². The van der Waals surface area contributed by atoms with E-state index in [1.165, 1.54) is 5.56 Å². The quantitative estimate of drug-likeness (QED) is 0.823. The highest BCUT2D eigenvalue weighted by molar-refractivity contribution is 5.27. The number of hydrogen-bond donors (Lipinski definition) is 1. The summed E-state index contributed by atoms with van der Waals surface area (Å²) in [5.41, 5.74) is 1.25. The number of aliphatic hydroxyl groups excluding tert-OH is 1. The molecule has 0 heterocycles.